The van der Waals surface area contributed by atoms with Crippen LogP contribution in [0.4, 0.5) is 0 Å². The number of nitrogens with zero attached hydrogens (tertiary/aromatic N) is 1. The Hall–Kier alpha value is -2.21. The fourth-order valence-electron chi connectivity index (χ4n) is 1.37. The van der Waals surface area contributed by atoms with Crippen LogP contribution in [0.25, 0.3) is 11.0 Å². The molecule has 1 atom stereocenters. The maximum absolute atomic E-state index is 10.9. The van der Waals surface area contributed by atoms with Crippen molar-refractivity contribution < 1.29 is 15.0 Å². The van der Waals surface area contributed by atoms with Crippen LogP contribution in [0.3, 0.4) is 0 Å². The van der Waals surface area contributed by atoms with Gasteiger partial charge in [-0.15, -0.1) is 0 Å². The van der Waals surface area contributed by atoms with E-state index in [9.17, 15) is 14.7 Å². The summed E-state index contributed by atoms with van der Waals surface area (Å²) in [6.45, 7) is 0. The number of aliphatic hydroxyl groups is 1. The van der Waals surface area contributed by atoms with Gasteiger partial charge in [-0.1, -0.05) is 6.07 Å². The normalized spacial score (nSPS) is 12.6. The zero-order chi connectivity index (χ0) is 11.7. The SMILES string of the molecule is O=C(O)C(O)c1ccc2[nH]c(=O)cnc2c1. The standard InChI is InChI=1S/C10H8N2O4/c13-8-4-11-7-3-5(9(14)10(15)16)1-2-6(7)12-8/h1-4,9,14H,(H,12,13)(H,15,16). The maximum atomic E-state index is 10.9. The van der Waals surface area contributed by atoms with Crippen molar-refractivity contribution in [3.05, 3.63) is 40.3 Å². The summed E-state index contributed by atoms with van der Waals surface area (Å²) in [7, 11) is 0. The molecule has 0 fully saturated rings. The van der Waals surface area contributed by atoms with E-state index in [0.29, 0.717) is 11.0 Å². The van der Waals surface area contributed by atoms with Crippen molar-refractivity contribution in [2.45, 2.75) is 6.10 Å². The molecule has 0 spiro atoms. The van der Waals surface area contributed by atoms with Gasteiger partial charge in [0.25, 0.3) is 5.56 Å². The highest BCUT2D eigenvalue weighted by atomic mass is 16.4. The van der Waals surface area contributed by atoms with E-state index >= 15 is 0 Å². The Balaban J connectivity index is 2.56. The summed E-state index contributed by atoms with van der Waals surface area (Å²) >= 11 is 0. The second-order valence-corrected chi connectivity index (χ2v) is 3.26. The van der Waals surface area contributed by atoms with Gasteiger partial charge >= 0.3 is 5.97 Å². The molecule has 0 aliphatic rings. The molecule has 1 aromatic carbocycles. The van der Waals surface area contributed by atoms with Gasteiger partial charge in [0.1, 0.15) is 0 Å². The summed E-state index contributed by atoms with van der Waals surface area (Å²) in [6, 6.07) is 4.36. The maximum Gasteiger partial charge on any atom is 0.337 e. The summed E-state index contributed by atoms with van der Waals surface area (Å²) in [6.07, 6.45) is -0.489. The van der Waals surface area contributed by atoms with Gasteiger partial charge in [-0.25, -0.2) is 9.78 Å². The number of hydrogen-bond donors (Lipinski definition) is 3. The Morgan fingerprint density at radius 1 is 1.44 bits per heavy atom. The van der Waals surface area contributed by atoms with Gasteiger partial charge in [0.2, 0.25) is 0 Å². The minimum atomic E-state index is -1.59. The number of carbonyl (C=O) groups is 1. The Labute approximate surface area is 89.2 Å². The first-order valence-electron chi connectivity index (χ1n) is 4.48. The first-order chi connectivity index (χ1) is 7.58. The first kappa shape index (κ1) is 10.3. The molecule has 0 radical (unpaired) electrons. The van der Waals surface area contributed by atoms with Crippen LogP contribution in [0.5, 0.6) is 0 Å². The molecular formula is C10H8N2O4. The molecule has 82 valence electrons. The number of rotatable bonds is 2. The number of carboxylic acids is 1. The molecular weight excluding hydrogens is 212 g/mol. The van der Waals surface area contributed by atoms with Crippen LogP contribution in [-0.2, 0) is 4.79 Å². The Morgan fingerprint density at radius 3 is 2.88 bits per heavy atom. The van der Waals surface area contributed by atoms with Crippen molar-refractivity contribution in [1.29, 1.82) is 0 Å². The molecule has 2 rings (SSSR count). The molecule has 2 aromatic rings. The predicted molar refractivity (Wildman–Crippen MR) is 55.0 cm³/mol. The van der Waals surface area contributed by atoms with Crippen molar-refractivity contribution in [3.8, 4) is 0 Å². The third kappa shape index (κ3) is 1.78. The molecule has 0 saturated carbocycles. The van der Waals surface area contributed by atoms with E-state index in [1.807, 2.05) is 0 Å². The topological polar surface area (TPSA) is 103 Å². The quantitative estimate of drug-likeness (QED) is 0.663. The van der Waals surface area contributed by atoms with E-state index in [1.165, 1.54) is 18.2 Å². The van der Waals surface area contributed by atoms with E-state index in [1.54, 1.807) is 0 Å². The van der Waals surface area contributed by atoms with Crippen molar-refractivity contribution in [2.24, 2.45) is 0 Å². The van der Waals surface area contributed by atoms with E-state index in [0.717, 1.165) is 6.20 Å². The fraction of sp³-hybridized carbons (Fsp3) is 0.100. The van der Waals surface area contributed by atoms with Gasteiger partial charge in [0.15, 0.2) is 6.10 Å². The Bertz CT molecular complexity index is 605. The Kier molecular flexibility index (Phi) is 2.41. The van der Waals surface area contributed by atoms with Crippen LogP contribution in [0.1, 0.15) is 11.7 Å². The van der Waals surface area contributed by atoms with E-state index < -0.39 is 12.1 Å². The third-order valence-corrected chi connectivity index (χ3v) is 2.15. The average Bonchev–Trinajstić information content (AvgIpc) is 2.27. The second kappa shape index (κ2) is 3.74. The Morgan fingerprint density at radius 2 is 2.19 bits per heavy atom. The largest absolute Gasteiger partial charge is 0.479 e. The lowest BCUT2D eigenvalue weighted by Gasteiger charge is -2.06. The van der Waals surface area contributed by atoms with E-state index in [-0.39, 0.29) is 11.1 Å². The molecule has 16 heavy (non-hydrogen) atoms. The smallest absolute Gasteiger partial charge is 0.337 e. The van der Waals surface area contributed by atoms with Gasteiger partial charge in [0.05, 0.1) is 17.2 Å². The molecule has 0 saturated heterocycles. The molecule has 0 bridgehead atoms. The van der Waals surface area contributed by atoms with Crippen LogP contribution < -0.4 is 5.56 Å². The lowest BCUT2D eigenvalue weighted by Crippen LogP contribution is -2.11. The highest BCUT2D eigenvalue weighted by Gasteiger charge is 2.16. The fourth-order valence-corrected chi connectivity index (χ4v) is 1.37. The van der Waals surface area contributed by atoms with Crippen LogP contribution in [0.2, 0.25) is 0 Å². The molecule has 6 heteroatoms. The van der Waals surface area contributed by atoms with Crippen molar-refractivity contribution in [1.82, 2.24) is 9.97 Å². The van der Waals surface area contributed by atoms with Crippen molar-refractivity contribution >= 4 is 17.0 Å². The molecule has 0 aliphatic carbocycles. The minimum absolute atomic E-state index is 0.222. The number of carboxylic acid groups (broad SMARTS) is 1. The zero-order valence-electron chi connectivity index (χ0n) is 8.04. The van der Waals surface area contributed by atoms with E-state index in [2.05, 4.69) is 9.97 Å². The van der Waals surface area contributed by atoms with Gasteiger partial charge < -0.3 is 15.2 Å². The lowest BCUT2D eigenvalue weighted by atomic mass is 10.1. The third-order valence-electron chi connectivity index (χ3n) is 2.15. The van der Waals surface area contributed by atoms with Gasteiger partial charge in [-0.3, -0.25) is 4.79 Å². The number of fused-ring (bicyclic) bond motifs is 1. The first-order valence-corrected chi connectivity index (χ1v) is 4.48. The molecule has 1 aromatic heterocycles. The van der Waals surface area contributed by atoms with Crippen LogP contribution >= 0.6 is 0 Å². The highest BCUT2D eigenvalue weighted by molar-refractivity contribution is 5.79. The number of aliphatic hydroxyl groups excluding tert-OH is 1. The lowest BCUT2D eigenvalue weighted by molar-refractivity contribution is -0.146. The number of aromatic nitrogens is 2. The van der Waals surface area contributed by atoms with Crippen molar-refractivity contribution in [2.75, 3.05) is 0 Å². The second-order valence-electron chi connectivity index (χ2n) is 3.26. The number of benzene rings is 1. The minimum Gasteiger partial charge on any atom is -0.479 e. The summed E-state index contributed by atoms with van der Waals surface area (Å²) < 4.78 is 0. The highest BCUT2D eigenvalue weighted by Crippen LogP contribution is 2.16. The number of aromatic amines is 1. The summed E-state index contributed by atoms with van der Waals surface area (Å²) in [5.41, 5.74) is 0.810. The van der Waals surface area contributed by atoms with E-state index in [4.69, 9.17) is 5.11 Å². The summed E-state index contributed by atoms with van der Waals surface area (Å²) in [5.74, 6) is -1.33. The van der Waals surface area contributed by atoms with Gasteiger partial charge in [-0.05, 0) is 17.7 Å². The number of H-pyrrole nitrogens is 1. The number of aliphatic carboxylic acids is 1. The molecule has 6 nitrogen and oxygen atoms in total. The van der Waals surface area contributed by atoms with Crippen LogP contribution in [0.15, 0.2) is 29.2 Å². The van der Waals surface area contributed by atoms with Crippen molar-refractivity contribution in [3.63, 3.8) is 0 Å². The molecule has 1 unspecified atom stereocenters. The van der Waals surface area contributed by atoms with Crippen LogP contribution in [0, 0.1) is 0 Å². The molecule has 0 amide bonds. The molecule has 1 heterocycles. The summed E-state index contributed by atoms with van der Waals surface area (Å²) in [4.78, 5) is 27.9. The van der Waals surface area contributed by atoms with Crippen LogP contribution in [-0.4, -0.2) is 26.2 Å². The van der Waals surface area contributed by atoms with Gasteiger partial charge in [-0.2, -0.15) is 0 Å². The van der Waals surface area contributed by atoms with Gasteiger partial charge in [0, 0.05) is 0 Å². The molecule has 3 N–H and O–H groups in total. The number of hydrogen-bond acceptors (Lipinski definition) is 4. The monoisotopic (exact) mass is 220 g/mol. The predicted octanol–water partition coefficient (Wildman–Crippen LogP) is 0.0411. The molecule has 0 aliphatic heterocycles. The zero-order valence-corrected chi connectivity index (χ0v) is 8.04. The summed E-state index contributed by atoms with van der Waals surface area (Å²) in [5, 5.41) is 17.9. The number of nitrogens with one attached hydrogen (secondary N) is 1. The average molecular weight is 220 g/mol.